The van der Waals surface area contributed by atoms with E-state index < -0.39 is 0 Å². The van der Waals surface area contributed by atoms with E-state index in [1.807, 2.05) is 72.8 Å². The average molecular weight is 382 g/mol. The highest BCUT2D eigenvalue weighted by Gasteiger charge is 2.15. The van der Waals surface area contributed by atoms with E-state index in [2.05, 4.69) is 17.6 Å². The second-order valence-corrected chi connectivity index (χ2v) is 6.74. The largest absolute Gasteiger partial charge is 0.422 e. The molecule has 4 rings (SSSR count). The third-order valence-corrected chi connectivity index (χ3v) is 4.66. The maximum atomic E-state index is 12.7. The number of esters is 1. The van der Waals surface area contributed by atoms with Crippen molar-refractivity contribution in [2.24, 2.45) is 0 Å². The summed E-state index contributed by atoms with van der Waals surface area (Å²) in [6, 6.07) is 26.7. The van der Waals surface area contributed by atoms with Crippen LogP contribution in [0.5, 0.6) is 0 Å². The summed E-state index contributed by atoms with van der Waals surface area (Å²) in [7, 11) is 0. The molecule has 4 heteroatoms. The molecule has 3 aromatic carbocycles. The van der Waals surface area contributed by atoms with Crippen LogP contribution in [-0.2, 0) is 11.3 Å². The second-order valence-electron chi connectivity index (χ2n) is 6.74. The lowest BCUT2D eigenvalue weighted by atomic mass is 10.1. The zero-order valence-corrected chi connectivity index (χ0v) is 16.3. The van der Waals surface area contributed by atoms with Crippen LogP contribution < -0.4 is 0 Å². The van der Waals surface area contributed by atoms with Gasteiger partial charge in [0.25, 0.3) is 0 Å². The van der Waals surface area contributed by atoms with Crippen LogP contribution in [0.15, 0.2) is 84.9 Å². The Balaban J connectivity index is 1.79. The predicted octanol–water partition coefficient (Wildman–Crippen LogP) is 5.80. The fourth-order valence-corrected chi connectivity index (χ4v) is 3.29. The Hall–Kier alpha value is -3.66. The lowest BCUT2D eigenvalue weighted by molar-refractivity contribution is 0.0693. The van der Waals surface area contributed by atoms with Crippen LogP contribution in [-0.4, -0.2) is 15.5 Å². The summed E-state index contributed by atoms with van der Waals surface area (Å²) >= 11 is 0. The number of aryl methyl sites for hydroxylation is 1. The standard InChI is InChI=1S/C25H22N2O2/c1-2-17-27-22-16-10-9-15-21(22)26-24(27)18-23(19-11-5-3-6-12-19)29-25(28)20-13-7-4-8-14-20/h3-16,18H,2,17H2,1H3/b23-18-. The van der Waals surface area contributed by atoms with Crippen molar-refractivity contribution in [2.45, 2.75) is 19.9 Å². The second kappa shape index (κ2) is 8.57. The molecule has 0 aliphatic rings. The molecule has 0 atom stereocenters. The summed E-state index contributed by atoms with van der Waals surface area (Å²) in [5, 5.41) is 0. The van der Waals surface area contributed by atoms with Gasteiger partial charge in [0, 0.05) is 18.2 Å². The average Bonchev–Trinajstić information content (AvgIpc) is 3.12. The summed E-state index contributed by atoms with van der Waals surface area (Å²) in [6.45, 7) is 2.97. The van der Waals surface area contributed by atoms with E-state index in [9.17, 15) is 4.79 Å². The van der Waals surface area contributed by atoms with Gasteiger partial charge in [0.15, 0.2) is 0 Å². The Bertz CT molecular complexity index is 1150. The molecular formula is C25H22N2O2. The normalized spacial score (nSPS) is 11.6. The van der Waals surface area contributed by atoms with Gasteiger partial charge in [-0.05, 0) is 30.7 Å². The summed E-state index contributed by atoms with van der Waals surface area (Å²) in [4.78, 5) is 17.5. The number of ether oxygens (including phenoxy) is 1. The molecule has 144 valence electrons. The lowest BCUT2D eigenvalue weighted by Gasteiger charge is -2.11. The number of hydrogen-bond acceptors (Lipinski definition) is 3. The van der Waals surface area contributed by atoms with E-state index in [-0.39, 0.29) is 5.97 Å². The summed E-state index contributed by atoms with van der Waals surface area (Å²) < 4.78 is 7.99. The Kier molecular flexibility index (Phi) is 5.52. The number of fused-ring (bicyclic) bond motifs is 1. The minimum Gasteiger partial charge on any atom is -0.422 e. The number of rotatable bonds is 6. The van der Waals surface area contributed by atoms with Crippen LogP contribution in [0, 0.1) is 0 Å². The first-order valence-corrected chi connectivity index (χ1v) is 9.76. The van der Waals surface area contributed by atoms with Gasteiger partial charge in [0.2, 0.25) is 0 Å². The molecule has 0 saturated carbocycles. The van der Waals surface area contributed by atoms with Crippen molar-refractivity contribution in [1.29, 1.82) is 0 Å². The molecule has 0 aliphatic carbocycles. The highest BCUT2D eigenvalue weighted by molar-refractivity contribution is 5.95. The molecule has 0 radical (unpaired) electrons. The molecule has 0 amide bonds. The molecule has 0 N–H and O–H groups in total. The van der Waals surface area contributed by atoms with Crippen LogP contribution in [0.4, 0.5) is 0 Å². The first-order valence-electron chi connectivity index (χ1n) is 9.76. The number of para-hydroxylation sites is 2. The van der Waals surface area contributed by atoms with Gasteiger partial charge in [0.05, 0.1) is 16.6 Å². The van der Waals surface area contributed by atoms with Crippen LogP contribution in [0.3, 0.4) is 0 Å². The summed E-state index contributed by atoms with van der Waals surface area (Å²) in [6.07, 6.45) is 2.83. The van der Waals surface area contributed by atoms with Crippen molar-refractivity contribution >= 4 is 28.8 Å². The molecule has 0 unspecified atom stereocenters. The Morgan fingerprint density at radius 1 is 0.897 bits per heavy atom. The van der Waals surface area contributed by atoms with E-state index in [1.165, 1.54) is 0 Å². The predicted molar refractivity (Wildman–Crippen MR) is 116 cm³/mol. The monoisotopic (exact) mass is 382 g/mol. The van der Waals surface area contributed by atoms with Crippen LogP contribution >= 0.6 is 0 Å². The summed E-state index contributed by atoms with van der Waals surface area (Å²) in [5.41, 5.74) is 3.33. The van der Waals surface area contributed by atoms with E-state index in [0.717, 1.165) is 35.4 Å². The molecule has 4 nitrogen and oxygen atoms in total. The van der Waals surface area contributed by atoms with Crippen LogP contribution in [0.25, 0.3) is 22.9 Å². The third-order valence-electron chi connectivity index (χ3n) is 4.66. The molecule has 1 heterocycles. The molecule has 29 heavy (non-hydrogen) atoms. The minimum atomic E-state index is -0.390. The Morgan fingerprint density at radius 3 is 2.21 bits per heavy atom. The highest BCUT2D eigenvalue weighted by Crippen LogP contribution is 2.24. The third kappa shape index (κ3) is 4.11. The number of aromatic nitrogens is 2. The number of nitrogens with zero attached hydrogens (tertiary/aromatic N) is 2. The van der Waals surface area contributed by atoms with E-state index >= 15 is 0 Å². The van der Waals surface area contributed by atoms with Gasteiger partial charge in [-0.1, -0.05) is 67.6 Å². The minimum absolute atomic E-state index is 0.390. The van der Waals surface area contributed by atoms with E-state index in [4.69, 9.17) is 9.72 Å². The van der Waals surface area contributed by atoms with Gasteiger partial charge in [-0.3, -0.25) is 0 Å². The van der Waals surface area contributed by atoms with Gasteiger partial charge in [-0.2, -0.15) is 0 Å². The van der Waals surface area contributed by atoms with Crippen molar-refractivity contribution in [3.05, 3.63) is 102 Å². The van der Waals surface area contributed by atoms with Crippen molar-refractivity contribution in [3.8, 4) is 0 Å². The molecule has 0 saturated heterocycles. The zero-order chi connectivity index (χ0) is 20.1. The van der Waals surface area contributed by atoms with E-state index in [1.54, 1.807) is 12.1 Å². The number of imidazole rings is 1. The fraction of sp³-hybridized carbons (Fsp3) is 0.120. The van der Waals surface area contributed by atoms with Gasteiger partial charge >= 0.3 is 5.97 Å². The Labute approximate surface area is 170 Å². The highest BCUT2D eigenvalue weighted by atomic mass is 16.5. The van der Waals surface area contributed by atoms with Gasteiger partial charge in [0.1, 0.15) is 11.6 Å². The molecule has 0 fully saturated rings. The Morgan fingerprint density at radius 2 is 1.52 bits per heavy atom. The van der Waals surface area contributed by atoms with Crippen molar-refractivity contribution in [1.82, 2.24) is 9.55 Å². The summed E-state index contributed by atoms with van der Waals surface area (Å²) in [5.74, 6) is 0.860. The molecule has 0 bridgehead atoms. The topological polar surface area (TPSA) is 44.1 Å². The molecular weight excluding hydrogens is 360 g/mol. The van der Waals surface area contributed by atoms with Gasteiger partial charge in [-0.25, -0.2) is 9.78 Å². The SMILES string of the molecule is CCCn1c(/C=C(\OC(=O)c2ccccc2)c2ccccc2)nc2ccccc21. The van der Waals surface area contributed by atoms with Crippen molar-refractivity contribution in [3.63, 3.8) is 0 Å². The van der Waals surface area contributed by atoms with Crippen LogP contribution in [0.1, 0.15) is 35.1 Å². The van der Waals surface area contributed by atoms with Gasteiger partial charge < -0.3 is 9.30 Å². The molecule has 4 aromatic rings. The molecule has 0 aliphatic heterocycles. The quantitative estimate of drug-likeness (QED) is 0.313. The van der Waals surface area contributed by atoms with Crippen molar-refractivity contribution < 1.29 is 9.53 Å². The van der Waals surface area contributed by atoms with E-state index in [0.29, 0.717) is 11.3 Å². The first-order chi connectivity index (χ1) is 14.3. The van der Waals surface area contributed by atoms with Crippen molar-refractivity contribution in [2.75, 3.05) is 0 Å². The number of carbonyl (C=O) groups excluding carboxylic acids is 1. The van der Waals surface area contributed by atoms with Crippen LogP contribution in [0.2, 0.25) is 0 Å². The molecule has 0 spiro atoms. The fourth-order valence-electron chi connectivity index (χ4n) is 3.29. The maximum Gasteiger partial charge on any atom is 0.343 e. The van der Waals surface area contributed by atoms with Gasteiger partial charge in [-0.15, -0.1) is 0 Å². The number of benzene rings is 3. The molecule has 1 aromatic heterocycles. The number of carbonyl (C=O) groups is 1. The lowest BCUT2D eigenvalue weighted by Crippen LogP contribution is -2.06. The maximum absolute atomic E-state index is 12.7. The smallest absolute Gasteiger partial charge is 0.343 e. The zero-order valence-electron chi connectivity index (χ0n) is 16.3. The number of hydrogen-bond donors (Lipinski definition) is 0. The first kappa shape index (κ1) is 18.7.